The van der Waals surface area contributed by atoms with E-state index in [0.29, 0.717) is 0 Å². The number of amides is 1. The number of hydrogen-bond acceptors (Lipinski definition) is 3. The minimum absolute atomic E-state index is 0.00799. The van der Waals surface area contributed by atoms with Crippen molar-refractivity contribution < 1.29 is 22.7 Å². The third-order valence-electron chi connectivity index (χ3n) is 2.45. The Hall–Kier alpha value is -1.76. The van der Waals surface area contributed by atoms with Crippen LogP contribution in [0.4, 0.5) is 23.7 Å². The molecule has 1 rings (SSSR count). The SMILES string of the molecule is CC(N)c1cc(NC(=O)OC(C)(C)C)cc(C(F)(F)F)c1. The minimum atomic E-state index is -4.52. The van der Waals surface area contributed by atoms with Crippen LogP contribution in [0.15, 0.2) is 18.2 Å². The molecule has 0 fully saturated rings. The Labute approximate surface area is 121 Å². The molecule has 1 aromatic carbocycles. The Morgan fingerprint density at radius 1 is 1.24 bits per heavy atom. The van der Waals surface area contributed by atoms with E-state index in [1.165, 1.54) is 6.07 Å². The number of carbonyl (C=O) groups excluding carboxylic acids is 1. The van der Waals surface area contributed by atoms with E-state index in [-0.39, 0.29) is 11.3 Å². The fourth-order valence-corrected chi connectivity index (χ4v) is 1.57. The molecule has 0 radical (unpaired) electrons. The number of anilines is 1. The number of ether oxygens (including phenoxy) is 1. The first kappa shape index (κ1) is 17.3. The van der Waals surface area contributed by atoms with E-state index in [9.17, 15) is 18.0 Å². The van der Waals surface area contributed by atoms with Crippen LogP contribution in [0.1, 0.15) is 44.9 Å². The van der Waals surface area contributed by atoms with Crippen molar-refractivity contribution in [2.75, 3.05) is 5.32 Å². The number of hydrogen-bond donors (Lipinski definition) is 2. The Morgan fingerprint density at radius 2 is 1.81 bits per heavy atom. The van der Waals surface area contributed by atoms with Crippen LogP contribution in [-0.2, 0) is 10.9 Å². The highest BCUT2D eigenvalue weighted by Crippen LogP contribution is 2.33. The van der Waals surface area contributed by atoms with Gasteiger partial charge in [0, 0.05) is 11.7 Å². The number of carbonyl (C=O) groups is 1. The lowest BCUT2D eigenvalue weighted by Gasteiger charge is -2.20. The molecular weight excluding hydrogens is 285 g/mol. The summed E-state index contributed by atoms with van der Waals surface area (Å²) >= 11 is 0. The second-order valence-corrected chi connectivity index (χ2v) is 5.76. The van der Waals surface area contributed by atoms with E-state index in [0.717, 1.165) is 12.1 Å². The van der Waals surface area contributed by atoms with Crippen LogP contribution in [0.5, 0.6) is 0 Å². The first-order chi connectivity index (χ1) is 9.38. The van der Waals surface area contributed by atoms with E-state index in [1.807, 2.05) is 0 Å². The number of rotatable bonds is 2. The van der Waals surface area contributed by atoms with Crippen LogP contribution in [-0.4, -0.2) is 11.7 Å². The summed E-state index contributed by atoms with van der Waals surface area (Å²) in [6, 6.07) is 2.61. The summed E-state index contributed by atoms with van der Waals surface area (Å²) < 4.78 is 43.5. The molecule has 7 heteroatoms. The highest BCUT2D eigenvalue weighted by Gasteiger charge is 2.31. The molecule has 118 valence electrons. The zero-order valence-electron chi connectivity index (χ0n) is 12.3. The molecule has 1 aromatic rings. The standard InChI is InChI=1S/C14H19F3N2O2/c1-8(18)9-5-10(14(15,16)17)7-11(6-9)19-12(20)21-13(2,3)4/h5-8H,18H2,1-4H3,(H,19,20). The predicted molar refractivity (Wildman–Crippen MR) is 73.9 cm³/mol. The molecule has 0 aliphatic carbocycles. The van der Waals surface area contributed by atoms with E-state index in [1.54, 1.807) is 27.7 Å². The van der Waals surface area contributed by atoms with Crippen LogP contribution < -0.4 is 11.1 Å². The molecule has 0 bridgehead atoms. The summed E-state index contributed by atoms with van der Waals surface area (Å²) in [5, 5.41) is 2.29. The fraction of sp³-hybridized carbons (Fsp3) is 0.500. The first-order valence-corrected chi connectivity index (χ1v) is 6.36. The number of nitrogens with two attached hydrogens (primary N) is 1. The van der Waals surface area contributed by atoms with Crippen molar-refractivity contribution in [1.82, 2.24) is 0 Å². The molecule has 0 saturated heterocycles. The van der Waals surface area contributed by atoms with Crippen molar-refractivity contribution in [1.29, 1.82) is 0 Å². The van der Waals surface area contributed by atoms with E-state index in [4.69, 9.17) is 10.5 Å². The van der Waals surface area contributed by atoms with E-state index >= 15 is 0 Å². The number of benzene rings is 1. The zero-order valence-corrected chi connectivity index (χ0v) is 12.3. The molecule has 0 aromatic heterocycles. The van der Waals surface area contributed by atoms with Gasteiger partial charge in [0.2, 0.25) is 0 Å². The maximum absolute atomic E-state index is 12.8. The smallest absolute Gasteiger partial charge is 0.416 e. The summed E-state index contributed by atoms with van der Waals surface area (Å²) in [7, 11) is 0. The first-order valence-electron chi connectivity index (χ1n) is 6.36. The molecule has 21 heavy (non-hydrogen) atoms. The lowest BCUT2D eigenvalue weighted by atomic mass is 10.0. The van der Waals surface area contributed by atoms with Gasteiger partial charge in [0.25, 0.3) is 0 Å². The molecule has 3 N–H and O–H groups in total. The summed E-state index contributed by atoms with van der Waals surface area (Å²) in [4.78, 5) is 11.6. The lowest BCUT2D eigenvalue weighted by molar-refractivity contribution is -0.137. The molecule has 0 saturated carbocycles. The normalized spacial score (nSPS) is 13.7. The molecule has 4 nitrogen and oxygen atoms in total. The van der Waals surface area contributed by atoms with Crippen molar-refractivity contribution in [3.63, 3.8) is 0 Å². The summed E-state index contributed by atoms with van der Waals surface area (Å²) in [6.45, 7) is 6.54. The Morgan fingerprint density at radius 3 is 2.24 bits per heavy atom. The van der Waals surface area contributed by atoms with Crippen LogP contribution in [0.25, 0.3) is 0 Å². The molecule has 0 spiro atoms. The van der Waals surface area contributed by atoms with Gasteiger partial charge >= 0.3 is 12.3 Å². The monoisotopic (exact) mass is 304 g/mol. The van der Waals surface area contributed by atoms with Gasteiger partial charge in [-0.05, 0) is 51.5 Å². The van der Waals surface area contributed by atoms with Crippen LogP contribution in [0, 0.1) is 0 Å². The Kier molecular flexibility index (Phi) is 4.88. The average Bonchev–Trinajstić information content (AvgIpc) is 2.24. The number of alkyl halides is 3. The second-order valence-electron chi connectivity index (χ2n) is 5.76. The van der Waals surface area contributed by atoms with Crippen LogP contribution in [0.3, 0.4) is 0 Å². The molecular formula is C14H19F3N2O2. The molecule has 1 unspecified atom stereocenters. The van der Waals surface area contributed by atoms with Crippen LogP contribution in [0.2, 0.25) is 0 Å². The molecule has 0 aliphatic heterocycles. The second kappa shape index (κ2) is 5.93. The van der Waals surface area contributed by atoms with Crippen molar-refractivity contribution >= 4 is 11.8 Å². The Bertz CT molecular complexity index is 520. The predicted octanol–water partition coefficient (Wildman–Crippen LogP) is 4.07. The summed E-state index contributed by atoms with van der Waals surface area (Å²) in [5.41, 5.74) is 4.27. The maximum atomic E-state index is 12.8. The topological polar surface area (TPSA) is 64.3 Å². The number of halogens is 3. The quantitative estimate of drug-likeness (QED) is 0.865. The van der Waals surface area contributed by atoms with Gasteiger partial charge in [-0.15, -0.1) is 0 Å². The molecule has 0 aliphatic rings. The largest absolute Gasteiger partial charge is 0.444 e. The van der Waals surface area contributed by atoms with Gasteiger partial charge in [-0.2, -0.15) is 13.2 Å². The third-order valence-corrected chi connectivity index (χ3v) is 2.45. The highest BCUT2D eigenvalue weighted by molar-refractivity contribution is 5.85. The van der Waals surface area contributed by atoms with E-state index in [2.05, 4.69) is 5.32 Å². The maximum Gasteiger partial charge on any atom is 0.416 e. The van der Waals surface area contributed by atoms with Gasteiger partial charge in [-0.3, -0.25) is 5.32 Å². The van der Waals surface area contributed by atoms with Gasteiger partial charge in [0.05, 0.1) is 5.56 Å². The van der Waals surface area contributed by atoms with Gasteiger partial charge in [0.15, 0.2) is 0 Å². The van der Waals surface area contributed by atoms with Crippen molar-refractivity contribution in [2.24, 2.45) is 5.73 Å². The van der Waals surface area contributed by atoms with Crippen molar-refractivity contribution in [2.45, 2.75) is 45.5 Å². The van der Waals surface area contributed by atoms with Crippen LogP contribution >= 0.6 is 0 Å². The highest BCUT2D eigenvalue weighted by atomic mass is 19.4. The zero-order chi connectivity index (χ0) is 16.4. The van der Waals surface area contributed by atoms with Gasteiger partial charge in [-0.25, -0.2) is 4.79 Å². The van der Waals surface area contributed by atoms with E-state index < -0.39 is 29.5 Å². The van der Waals surface area contributed by atoms with Crippen molar-refractivity contribution in [3.8, 4) is 0 Å². The lowest BCUT2D eigenvalue weighted by Crippen LogP contribution is -2.27. The molecule has 0 heterocycles. The van der Waals surface area contributed by atoms with Gasteiger partial charge in [0.1, 0.15) is 5.60 Å². The molecule has 1 atom stereocenters. The average molecular weight is 304 g/mol. The third kappa shape index (κ3) is 5.63. The number of nitrogens with one attached hydrogen (secondary N) is 1. The molecule has 1 amide bonds. The van der Waals surface area contributed by atoms with Crippen molar-refractivity contribution in [3.05, 3.63) is 29.3 Å². The minimum Gasteiger partial charge on any atom is -0.444 e. The Balaban J connectivity index is 3.07. The van der Waals surface area contributed by atoms with Gasteiger partial charge < -0.3 is 10.5 Å². The van der Waals surface area contributed by atoms with Gasteiger partial charge in [-0.1, -0.05) is 0 Å². The summed E-state index contributed by atoms with van der Waals surface area (Å²) in [6.07, 6.45) is -5.34. The fourth-order valence-electron chi connectivity index (χ4n) is 1.57. The summed E-state index contributed by atoms with van der Waals surface area (Å²) in [5.74, 6) is 0.